The normalized spacial score (nSPS) is 21.1. The molecule has 2 heterocycles. The molecule has 1 aliphatic rings. The van der Waals surface area contributed by atoms with Crippen LogP contribution in [0.5, 0.6) is 0 Å². The number of aromatic nitrogens is 1. The van der Waals surface area contributed by atoms with Crippen molar-refractivity contribution < 1.29 is 14.6 Å². The fraction of sp³-hybridized carbons (Fsp3) is 0.636. The van der Waals surface area contributed by atoms with E-state index in [4.69, 9.17) is 9.84 Å². The number of carboxylic acid groups (broad SMARTS) is 1. The summed E-state index contributed by atoms with van der Waals surface area (Å²) >= 11 is 1.15. The van der Waals surface area contributed by atoms with E-state index < -0.39 is 5.97 Å². The second-order valence-corrected chi connectivity index (χ2v) is 5.19. The number of morpholine rings is 1. The van der Waals surface area contributed by atoms with E-state index in [0.29, 0.717) is 6.54 Å². The van der Waals surface area contributed by atoms with Gasteiger partial charge in [-0.2, -0.15) is 0 Å². The third kappa shape index (κ3) is 3.74. The second-order valence-electron chi connectivity index (χ2n) is 4.34. The first-order valence-corrected chi connectivity index (χ1v) is 6.71. The molecule has 0 amide bonds. The zero-order valence-corrected chi connectivity index (χ0v) is 11.1. The minimum atomic E-state index is -0.969. The molecule has 0 saturated carbocycles. The highest BCUT2D eigenvalue weighted by Crippen LogP contribution is 2.09. The maximum Gasteiger partial charge on any atom is 0.365 e. The molecule has 0 spiro atoms. The van der Waals surface area contributed by atoms with Crippen LogP contribution in [0.2, 0.25) is 0 Å². The van der Waals surface area contributed by atoms with Gasteiger partial charge in [0, 0.05) is 31.6 Å². The molecule has 7 heteroatoms. The van der Waals surface area contributed by atoms with Crippen LogP contribution in [0.1, 0.15) is 15.5 Å². The van der Waals surface area contributed by atoms with Crippen LogP contribution in [0.25, 0.3) is 0 Å². The summed E-state index contributed by atoms with van der Waals surface area (Å²) in [7, 11) is 2.08. The van der Waals surface area contributed by atoms with Crippen LogP contribution in [0.3, 0.4) is 0 Å². The van der Waals surface area contributed by atoms with E-state index in [1.54, 1.807) is 5.38 Å². The molecule has 1 aromatic rings. The molecular formula is C11H17N3O3S. The number of aromatic carboxylic acids is 1. The molecule has 1 aromatic heterocycles. The third-order valence-corrected chi connectivity index (χ3v) is 3.63. The Morgan fingerprint density at radius 2 is 2.61 bits per heavy atom. The van der Waals surface area contributed by atoms with Crippen molar-refractivity contribution in [2.45, 2.75) is 12.6 Å². The summed E-state index contributed by atoms with van der Waals surface area (Å²) in [5.41, 5.74) is 0.765. The van der Waals surface area contributed by atoms with Crippen molar-refractivity contribution in [2.24, 2.45) is 0 Å². The van der Waals surface area contributed by atoms with Crippen LogP contribution in [0.4, 0.5) is 0 Å². The Morgan fingerprint density at radius 3 is 3.28 bits per heavy atom. The fourth-order valence-corrected chi connectivity index (χ4v) is 2.49. The third-order valence-electron chi connectivity index (χ3n) is 2.75. The van der Waals surface area contributed by atoms with Gasteiger partial charge in [-0.05, 0) is 7.05 Å². The van der Waals surface area contributed by atoms with Gasteiger partial charge < -0.3 is 20.1 Å². The molecule has 6 nitrogen and oxygen atoms in total. The van der Waals surface area contributed by atoms with Gasteiger partial charge >= 0.3 is 5.97 Å². The van der Waals surface area contributed by atoms with Crippen LogP contribution in [-0.4, -0.2) is 60.4 Å². The summed E-state index contributed by atoms with van der Waals surface area (Å²) in [4.78, 5) is 16.9. The van der Waals surface area contributed by atoms with Crippen LogP contribution in [0.15, 0.2) is 5.38 Å². The van der Waals surface area contributed by atoms with Crippen molar-refractivity contribution in [2.75, 3.05) is 33.3 Å². The van der Waals surface area contributed by atoms with Crippen molar-refractivity contribution >= 4 is 17.3 Å². The van der Waals surface area contributed by atoms with Crippen LogP contribution >= 0.6 is 11.3 Å². The molecule has 1 saturated heterocycles. The van der Waals surface area contributed by atoms with Gasteiger partial charge in [-0.15, -0.1) is 11.3 Å². The van der Waals surface area contributed by atoms with Crippen molar-refractivity contribution in [3.63, 3.8) is 0 Å². The molecule has 0 aliphatic carbocycles. The maximum atomic E-state index is 10.7. The molecule has 0 bridgehead atoms. The van der Waals surface area contributed by atoms with Gasteiger partial charge in [-0.1, -0.05) is 0 Å². The summed E-state index contributed by atoms with van der Waals surface area (Å²) < 4.78 is 5.61. The molecule has 100 valence electrons. The van der Waals surface area contributed by atoms with Gasteiger partial charge in [0.05, 0.1) is 18.4 Å². The molecule has 0 radical (unpaired) electrons. The van der Waals surface area contributed by atoms with E-state index in [0.717, 1.165) is 43.3 Å². The summed E-state index contributed by atoms with van der Waals surface area (Å²) in [6, 6.07) is 0. The Kier molecular flexibility index (Phi) is 4.65. The van der Waals surface area contributed by atoms with E-state index in [2.05, 4.69) is 22.2 Å². The number of hydrogen-bond donors (Lipinski definition) is 2. The lowest BCUT2D eigenvalue weighted by Crippen LogP contribution is -2.44. The Balaban J connectivity index is 1.72. The molecular weight excluding hydrogens is 254 g/mol. The summed E-state index contributed by atoms with van der Waals surface area (Å²) in [5, 5.41) is 13.9. The number of nitrogens with one attached hydrogen (secondary N) is 1. The van der Waals surface area contributed by atoms with Gasteiger partial charge in [-0.25, -0.2) is 9.78 Å². The molecule has 2 N–H and O–H groups in total. The number of hydrogen-bond acceptors (Lipinski definition) is 6. The molecule has 2 rings (SSSR count). The molecule has 1 atom stereocenters. The van der Waals surface area contributed by atoms with E-state index in [9.17, 15) is 4.79 Å². The minimum absolute atomic E-state index is 0.139. The molecule has 0 aromatic carbocycles. The number of carboxylic acids is 1. The summed E-state index contributed by atoms with van der Waals surface area (Å²) in [5.74, 6) is -0.969. The van der Waals surface area contributed by atoms with Crippen molar-refractivity contribution in [1.82, 2.24) is 15.2 Å². The second kappa shape index (κ2) is 6.24. The van der Waals surface area contributed by atoms with Gasteiger partial charge in [0.2, 0.25) is 5.01 Å². The quantitative estimate of drug-likeness (QED) is 0.800. The largest absolute Gasteiger partial charge is 0.476 e. The Hall–Kier alpha value is -1.02. The van der Waals surface area contributed by atoms with Crippen LogP contribution in [0, 0.1) is 0 Å². The fourth-order valence-electron chi connectivity index (χ4n) is 1.84. The Morgan fingerprint density at radius 1 is 1.78 bits per heavy atom. The van der Waals surface area contributed by atoms with Crippen LogP contribution < -0.4 is 5.32 Å². The lowest BCUT2D eigenvalue weighted by molar-refractivity contribution is -0.0182. The summed E-state index contributed by atoms with van der Waals surface area (Å²) in [6.45, 7) is 4.00. The zero-order chi connectivity index (χ0) is 13.0. The number of nitrogens with zero attached hydrogens (tertiary/aromatic N) is 2. The highest BCUT2D eigenvalue weighted by Gasteiger charge is 2.17. The average molecular weight is 271 g/mol. The van der Waals surface area contributed by atoms with Gasteiger partial charge in [0.25, 0.3) is 0 Å². The van der Waals surface area contributed by atoms with Crippen LogP contribution in [-0.2, 0) is 11.3 Å². The predicted octanol–water partition coefficient (Wildman–Crippen LogP) is 0.262. The minimum Gasteiger partial charge on any atom is -0.476 e. The number of likely N-dealkylation sites (N-methyl/N-ethyl adjacent to an activating group) is 1. The molecule has 1 fully saturated rings. The molecule has 18 heavy (non-hydrogen) atoms. The highest BCUT2D eigenvalue weighted by molar-refractivity contribution is 7.11. The van der Waals surface area contributed by atoms with Crippen molar-refractivity contribution in [3.8, 4) is 0 Å². The molecule has 1 aliphatic heterocycles. The molecule has 1 unspecified atom stereocenters. The average Bonchev–Trinajstić information content (AvgIpc) is 2.78. The van der Waals surface area contributed by atoms with Crippen molar-refractivity contribution in [3.05, 3.63) is 16.1 Å². The topological polar surface area (TPSA) is 74.7 Å². The Labute approximate surface area is 110 Å². The van der Waals surface area contributed by atoms with E-state index in [1.807, 2.05) is 0 Å². The SMILES string of the molecule is CN1CCOC(CNCc2csc(C(=O)O)n2)C1. The monoisotopic (exact) mass is 271 g/mol. The first-order chi connectivity index (χ1) is 8.65. The number of thiazole rings is 1. The van der Waals surface area contributed by atoms with Gasteiger partial charge in [0.1, 0.15) is 0 Å². The Bertz CT molecular complexity index is 410. The standard InChI is InChI=1S/C11H17N3O3S/c1-14-2-3-17-9(6-14)5-12-4-8-7-18-10(13-8)11(15)16/h7,9,12H,2-6H2,1H3,(H,15,16). The van der Waals surface area contributed by atoms with Gasteiger partial charge in [0.15, 0.2) is 0 Å². The van der Waals surface area contributed by atoms with E-state index in [1.165, 1.54) is 0 Å². The lowest BCUT2D eigenvalue weighted by Gasteiger charge is -2.30. The summed E-state index contributed by atoms with van der Waals surface area (Å²) in [6.07, 6.45) is 0.196. The predicted molar refractivity (Wildman–Crippen MR) is 68.0 cm³/mol. The number of carbonyl (C=O) groups is 1. The first-order valence-electron chi connectivity index (χ1n) is 5.83. The smallest absolute Gasteiger partial charge is 0.365 e. The van der Waals surface area contributed by atoms with E-state index >= 15 is 0 Å². The number of ether oxygens (including phenoxy) is 1. The van der Waals surface area contributed by atoms with Gasteiger partial charge in [-0.3, -0.25) is 0 Å². The van der Waals surface area contributed by atoms with E-state index in [-0.39, 0.29) is 11.1 Å². The lowest BCUT2D eigenvalue weighted by atomic mass is 10.3. The first kappa shape index (κ1) is 13.4. The highest BCUT2D eigenvalue weighted by atomic mass is 32.1. The number of rotatable bonds is 5. The maximum absolute atomic E-state index is 10.7. The zero-order valence-electron chi connectivity index (χ0n) is 10.3. The van der Waals surface area contributed by atoms with Crippen molar-refractivity contribution in [1.29, 1.82) is 0 Å².